The van der Waals surface area contributed by atoms with E-state index >= 15 is 0 Å². The highest BCUT2D eigenvalue weighted by Gasteiger charge is 2.06. The van der Waals surface area contributed by atoms with Gasteiger partial charge in [0, 0.05) is 5.02 Å². The van der Waals surface area contributed by atoms with Crippen LogP contribution in [0.2, 0.25) is 5.02 Å². The smallest absolute Gasteiger partial charge is 0.258 e. The van der Waals surface area contributed by atoms with Crippen LogP contribution in [0, 0.1) is 0 Å². The normalized spacial score (nSPS) is 10.1. The van der Waals surface area contributed by atoms with E-state index < -0.39 is 0 Å². The molecule has 0 heterocycles. The molecule has 0 fully saturated rings. The number of para-hydroxylation sites is 1. The van der Waals surface area contributed by atoms with Gasteiger partial charge in [-0.25, -0.2) is 0 Å². The average molecular weight is 385 g/mol. The Bertz CT molecular complexity index is 622. The summed E-state index contributed by atoms with van der Waals surface area (Å²) in [5.74, 6) is 1.14. The Balaban J connectivity index is 1.65. The number of benzene rings is 2. The van der Waals surface area contributed by atoms with Gasteiger partial charge < -0.3 is 14.8 Å². The molecule has 116 valence electrons. The van der Waals surface area contributed by atoms with Crippen LogP contribution >= 0.6 is 27.5 Å². The summed E-state index contributed by atoms with van der Waals surface area (Å²) in [5.41, 5.74) is 0. The molecule has 1 amide bonds. The Hall–Kier alpha value is -1.72. The second-order valence-corrected chi connectivity index (χ2v) is 5.67. The predicted molar refractivity (Wildman–Crippen MR) is 89.6 cm³/mol. The first-order valence-corrected chi connectivity index (χ1v) is 7.84. The first-order chi connectivity index (χ1) is 10.6. The van der Waals surface area contributed by atoms with Crippen LogP contribution in [0.15, 0.2) is 53.0 Å². The third kappa shape index (κ3) is 5.58. The summed E-state index contributed by atoms with van der Waals surface area (Å²) < 4.78 is 11.6. The molecule has 2 rings (SSSR count). The van der Waals surface area contributed by atoms with Crippen LogP contribution in [0.25, 0.3) is 0 Å². The number of nitrogens with one attached hydrogen (secondary N) is 1. The van der Waals surface area contributed by atoms with E-state index in [-0.39, 0.29) is 12.5 Å². The van der Waals surface area contributed by atoms with Crippen molar-refractivity contribution < 1.29 is 14.3 Å². The van der Waals surface area contributed by atoms with Gasteiger partial charge in [0.05, 0.1) is 11.0 Å². The first-order valence-electron chi connectivity index (χ1n) is 6.67. The van der Waals surface area contributed by atoms with E-state index in [1.165, 1.54) is 0 Å². The standard InChI is InChI=1S/C16H15BrClNO3/c17-14-10-12(18)6-7-15(14)22-11-16(20)19-8-9-21-13-4-2-1-3-5-13/h1-7,10H,8-9,11H2,(H,19,20). The maximum Gasteiger partial charge on any atom is 0.258 e. The predicted octanol–water partition coefficient (Wildman–Crippen LogP) is 3.68. The summed E-state index contributed by atoms with van der Waals surface area (Å²) in [4.78, 5) is 11.7. The molecule has 0 aliphatic rings. The lowest BCUT2D eigenvalue weighted by Crippen LogP contribution is -2.32. The molecule has 0 unspecified atom stereocenters. The van der Waals surface area contributed by atoms with Gasteiger partial charge >= 0.3 is 0 Å². The van der Waals surface area contributed by atoms with Gasteiger partial charge in [0.15, 0.2) is 6.61 Å². The van der Waals surface area contributed by atoms with Gasteiger partial charge in [-0.05, 0) is 46.3 Å². The largest absolute Gasteiger partial charge is 0.492 e. The van der Waals surface area contributed by atoms with Crippen molar-refractivity contribution in [1.82, 2.24) is 5.32 Å². The number of hydrogen-bond donors (Lipinski definition) is 1. The number of carbonyl (C=O) groups is 1. The number of carbonyl (C=O) groups excluding carboxylic acids is 1. The number of amides is 1. The maximum atomic E-state index is 11.7. The highest BCUT2D eigenvalue weighted by molar-refractivity contribution is 9.10. The van der Waals surface area contributed by atoms with Gasteiger partial charge in [-0.15, -0.1) is 0 Å². The molecule has 2 aromatic rings. The molecule has 0 bridgehead atoms. The van der Waals surface area contributed by atoms with Crippen LogP contribution in [0.4, 0.5) is 0 Å². The zero-order valence-corrected chi connectivity index (χ0v) is 14.1. The molecule has 22 heavy (non-hydrogen) atoms. The molecule has 0 aliphatic carbocycles. The quantitative estimate of drug-likeness (QED) is 0.741. The number of halogens is 2. The number of hydrogen-bond acceptors (Lipinski definition) is 3. The minimum atomic E-state index is -0.210. The van der Waals surface area contributed by atoms with Gasteiger partial charge in [0.1, 0.15) is 18.1 Å². The van der Waals surface area contributed by atoms with Gasteiger partial charge in [-0.1, -0.05) is 29.8 Å². The van der Waals surface area contributed by atoms with Crippen molar-refractivity contribution in [3.8, 4) is 11.5 Å². The summed E-state index contributed by atoms with van der Waals surface area (Å²) in [6.45, 7) is 0.755. The van der Waals surface area contributed by atoms with Gasteiger partial charge in [-0.2, -0.15) is 0 Å². The Morgan fingerprint density at radius 2 is 1.91 bits per heavy atom. The molecular formula is C16H15BrClNO3. The molecule has 2 aromatic carbocycles. The molecule has 0 aliphatic heterocycles. The summed E-state index contributed by atoms with van der Waals surface area (Å²) in [6, 6.07) is 14.6. The van der Waals surface area contributed by atoms with Crippen LogP contribution in [0.3, 0.4) is 0 Å². The second-order valence-electron chi connectivity index (χ2n) is 4.37. The van der Waals surface area contributed by atoms with E-state index in [9.17, 15) is 4.79 Å². The van der Waals surface area contributed by atoms with Crippen molar-refractivity contribution >= 4 is 33.4 Å². The van der Waals surface area contributed by atoms with Gasteiger partial charge in [0.2, 0.25) is 0 Å². The average Bonchev–Trinajstić information content (AvgIpc) is 2.52. The molecular weight excluding hydrogens is 370 g/mol. The molecule has 1 N–H and O–H groups in total. The molecule has 0 radical (unpaired) electrons. The Morgan fingerprint density at radius 3 is 2.64 bits per heavy atom. The molecule has 0 aromatic heterocycles. The molecule has 0 saturated heterocycles. The lowest BCUT2D eigenvalue weighted by molar-refractivity contribution is -0.123. The molecule has 4 nitrogen and oxygen atoms in total. The van der Waals surface area contributed by atoms with Crippen molar-refractivity contribution in [2.45, 2.75) is 0 Å². The Labute approximate surface area is 142 Å². The van der Waals surface area contributed by atoms with Gasteiger partial charge in [0.25, 0.3) is 5.91 Å². The van der Waals surface area contributed by atoms with Crippen molar-refractivity contribution in [2.75, 3.05) is 19.8 Å². The van der Waals surface area contributed by atoms with E-state index in [4.69, 9.17) is 21.1 Å². The number of ether oxygens (including phenoxy) is 2. The number of rotatable bonds is 7. The SMILES string of the molecule is O=C(COc1ccc(Cl)cc1Br)NCCOc1ccccc1. The van der Waals surface area contributed by atoms with E-state index in [1.807, 2.05) is 30.3 Å². The topological polar surface area (TPSA) is 47.6 Å². The summed E-state index contributed by atoms with van der Waals surface area (Å²) >= 11 is 9.16. The van der Waals surface area contributed by atoms with Crippen molar-refractivity contribution in [1.29, 1.82) is 0 Å². The van der Waals surface area contributed by atoms with E-state index in [0.29, 0.717) is 28.4 Å². The van der Waals surface area contributed by atoms with Crippen molar-refractivity contribution in [3.63, 3.8) is 0 Å². The van der Waals surface area contributed by atoms with Crippen LogP contribution in [-0.4, -0.2) is 25.7 Å². The molecule has 6 heteroatoms. The lowest BCUT2D eigenvalue weighted by Gasteiger charge is -2.10. The molecule has 0 atom stereocenters. The van der Waals surface area contributed by atoms with E-state index in [1.54, 1.807) is 18.2 Å². The Morgan fingerprint density at radius 1 is 1.14 bits per heavy atom. The fourth-order valence-electron chi connectivity index (χ4n) is 1.66. The van der Waals surface area contributed by atoms with E-state index in [2.05, 4.69) is 21.2 Å². The maximum absolute atomic E-state index is 11.7. The molecule has 0 saturated carbocycles. The highest BCUT2D eigenvalue weighted by atomic mass is 79.9. The summed E-state index contributed by atoms with van der Waals surface area (Å²) in [5, 5.41) is 3.32. The zero-order valence-electron chi connectivity index (χ0n) is 11.7. The third-order valence-corrected chi connectivity index (χ3v) is 3.54. The van der Waals surface area contributed by atoms with Crippen molar-refractivity contribution in [3.05, 3.63) is 58.0 Å². The first kappa shape index (κ1) is 16.6. The molecule has 0 spiro atoms. The Kier molecular flexibility index (Phi) is 6.55. The minimum Gasteiger partial charge on any atom is -0.492 e. The summed E-state index contributed by atoms with van der Waals surface area (Å²) in [6.07, 6.45) is 0. The van der Waals surface area contributed by atoms with Gasteiger partial charge in [-0.3, -0.25) is 4.79 Å². The van der Waals surface area contributed by atoms with E-state index in [0.717, 1.165) is 5.75 Å². The van der Waals surface area contributed by atoms with Crippen LogP contribution in [0.1, 0.15) is 0 Å². The fraction of sp³-hybridized carbons (Fsp3) is 0.188. The third-order valence-electron chi connectivity index (χ3n) is 2.69. The van der Waals surface area contributed by atoms with Crippen LogP contribution in [-0.2, 0) is 4.79 Å². The van der Waals surface area contributed by atoms with Crippen molar-refractivity contribution in [2.24, 2.45) is 0 Å². The fourth-order valence-corrected chi connectivity index (χ4v) is 2.46. The van der Waals surface area contributed by atoms with Crippen LogP contribution in [0.5, 0.6) is 11.5 Å². The summed E-state index contributed by atoms with van der Waals surface area (Å²) in [7, 11) is 0. The highest BCUT2D eigenvalue weighted by Crippen LogP contribution is 2.27. The zero-order chi connectivity index (χ0) is 15.8. The minimum absolute atomic E-state index is 0.0639. The monoisotopic (exact) mass is 383 g/mol. The lowest BCUT2D eigenvalue weighted by atomic mass is 10.3. The van der Waals surface area contributed by atoms with Crippen LogP contribution < -0.4 is 14.8 Å². The second kappa shape index (κ2) is 8.66.